The molecular weight excluding hydrogens is 534 g/mol. The van der Waals surface area contributed by atoms with Crippen LogP contribution in [0.4, 0.5) is 10.8 Å². The molecule has 0 spiro atoms. The molecule has 1 saturated carbocycles. The molecular formula is C28H33N5O4S2. The Bertz CT molecular complexity index is 1540. The van der Waals surface area contributed by atoms with Gasteiger partial charge >= 0.3 is 0 Å². The molecule has 1 aliphatic carbocycles. The first-order valence-electron chi connectivity index (χ1n) is 12.9. The summed E-state index contributed by atoms with van der Waals surface area (Å²) in [7, 11) is -0.169. The standard InChI is InChI=1S/C28H33N5O4S2/c1-16-26(38-28(29-16)30-18(3)34)21-12-22-15-33(17(2)20-8-9-20)27(35)25(22)24(13-21)39(36,37)31-23-10-6-19(7-11-23)14-32(4)5/h6-7,10-13,17,20,31H,8-9,14-15H2,1-5H3,(H,29,30,34)/t17-/m0/s1. The van der Waals surface area contributed by atoms with Crippen LogP contribution in [0.3, 0.4) is 0 Å². The van der Waals surface area contributed by atoms with Gasteiger partial charge in [0.25, 0.3) is 15.9 Å². The van der Waals surface area contributed by atoms with Crippen LogP contribution < -0.4 is 10.0 Å². The molecule has 206 valence electrons. The average molecular weight is 568 g/mol. The first kappa shape index (κ1) is 27.3. The van der Waals surface area contributed by atoms with Crippen LogP contribution in [-0.2, 0) is 27.9 Å². The number of amides is 2. The SMILES string of the molecule is CC(=O)Nc1nc(C)c(-c2cc3c(c(S(=O)(=O)Nc4ccc(CN(C)C)cc4)c2)C(=O)N([C@@H](C)C2CC2)C3)s1. The number of hydrogen-bond acceptors (Lipinski definition) is 7. The fourth-order valence-electron chi connectivity index (χ4n) is 5.07. The summed E-state index contributed by atoms with van der Waals surface area (Å²) >= 11 is 1.28. The van der Waals surface area contributed by atoms with Gasteiger partial charge in [-0.3, -0.25) is 14.3 Å². The van der Waals surface area contributed by atoms with E-state index in [2.05, 4.69) is 15.0 Å². The number of nitrogens with one attached hydrogen (secondary N) is 2. The van der Waals surface area contributed by atoms with Gasteiger partial charge in [-0.1, -0.05) is 23.5 Å². The van der Waals surface area contributed by atoms with Gasteiger partial charge in [0, 0.05) is 31.7 Å². The van der Waals surface area contributed by atoms with Crippen LogP contribution in [0.15, 0.2) is 41.3 Å². The largest absolute Gasteiger partial charge is 0.331 e. The first-order valence-corrected chi connectivity index (χ1v) is 15.2. The molecule has 2 N–H and O–H groups in total. The summed E-state index contributed by atoms with van der Waals surface area (Å²) in [6.45, 7) is 6.37. The minimum Gasteiger partial charge on any atom is -0.331 e. The van der Waals surface area contributed by atoms with Crippen LogP contribution in [0, 0.1) is 12.8 Å². The fourth-order valence-corrected chi connectivity index (χ4v) is 7.39. The second kappa shape index (κ2) is 10.4. The zero-order valence-electron chi connectivity index (χ0n) is 22.7. The van der Waals surface area contributed by atoms with Gasteiger partial charge in [-0.05, 0) is 87.7 Å². The van der Waals surface area contributed by atoms with E-state index in [1.165, 1.54) is 18.3 Å². The van der Waals surface area contributed by atoms with E-state index in [1.807, 2.05) is 51.0 Å². The van der Waals surface area contributed by atoms with E-state index in [-0.39, 0.29) is 28.3 Å². The normalized spacial score (nSPS) is 15.9. The predicted octanol–water partition coefficient (Wildman–Crippen LogP) is 4.69. The molecule has 11 heteroatoms. The summed E-state index contributed by atoms with van der Waals surface area (Å²) < 4.78 is 30.4. The van der Waals surface area contributed by atoms with E-state index in [0.717, 1.165) is 29.8 Å². The summed E-state index contributed by atoms with van der Waals surface area (Å²) in [6.07, 6.45) is 2.16. The fraction of sp³-hybridized carbons (Fsp3) is 0.393. The molecule has 2 amide bonds. The van der Waals surface area contributed by atoms with Crippen molar-refractivity contribution in [2.45, 2.75) is 57.6 Å². The minimum absolute atomic E-state index is 0.0395. The Labute approximate surface area is 233 Å². The molecule has 2 aliphatic rings. The van der Waals surface area contributed by atoms with Crippen LogP contribution in [0.1, 0.15) is 53.9 Å². The molecule has 1 atom stereocenters. The van der Waals surface area contributed by atoms with Crippen molar-refractivity contribution in [3.8, 4) is 10.4 Å². The molecule has 1 fully saturated rings. The third kappa shape index (κ3) is 5.70. The molecule has 1 aromatic heterocycles. The van der Waals surface area contributed by atoms with E-state index in [4.69, 9.17) is 0 Å². The number of aromatic nitrogens is 1. The van der Waals surface area contributed by atoms with Gasteiger partial charge in [0.05, 0.1) is 16.1 Å². The smallest absolute Gasteiger partial charge is 0.262 e. The van der Waals surface area contributed by atoms with Gasteiger partial charge in [-0.15, -0.1) is 0 Å². The topological polar surface area (TPSA) is 112 Å². The van der Waals surface area contributed by atoms with Crippen molar-refractivity contribution >= 4 is 44.0 Å². The molecule has 0 unspecified atom stereocenters. The number of hydrogen-bond donors (Lipinski definition) is 2. The Morgan fingerprint density at radius 3 is 2.51 bits per heavy atom. The molecule has 9 nitrogen and oxygen atoms in total. The number of fused-ring (bicyclic) bond motifs is 1. The Morgan fingerprint density at radius 2 is 1.90 bits per heavy atom. The zero-order valence-corrected chi connectivity index (χ0v) is 24.4. The maximum atomic E-state index is 13.9. The highest BCUT2D eigenvalue weighted by molar-refractivity contribution is 7.92. The van der Waals surface area contributed by atoms with Crippen molar-refractivity contribution in [1.29, 1.82) is 0 Å². The second-order valence-corrected chi connectivity index (χ2v) is 13.3. The highest BCUT2D eigenvalue weighted by Crippen LogP contribution is 2.42. The summed E-state index contributed by atoms with van der Waals surface area (Å²) in [4.78, 5) is 34.2. The van der Waals surface area contributed by atoms with Crippen molar-refractivity contribution in [3.05, 3.63) is 58.8 Å². The zero-order chi connectivity index (χ0) is 28.1. The lowest BCUT2D eigenvalue weighted by atomic mass is 10.0. The molecule has 39 heavy (non-hydrogen) atoms. The van der Waals surface area contributed by atoms with Crippen molar-refractivity contribution in [2.75, 3.05) is 24.1 Å². The number of nitrogens with zero attached hydrogens (tertiary/aromatic N) is 3. The molecule has 1 aliphatic heterocycles. The van der Waals surface area contributed by atoms with E-state index < -0.39 is 10.0 Å². The molecule has 2 heterocycles. The van der Waals surface area contributed by atoms with Gasteiger partial charge in [0.2, 0.25) is 5.91 Å². The molecule has 0 saturated heterocycles. The Hall–Kier alpha value is -3.28. The number of carbonyl (C=O) groups excluding carboxylic acids is 2. The van der Waals surface area contributed by atoms with E-state index in [9.17, 15) is 18.0 Å². The lowest BCUT2D eigenvalue weighted by Crippen LogP contribution is -2.35. The van der Waals surface area contributed by atoms with Crippen molar-refractivity contribution in [3.63, 3.8) is 0 Å². The second-order valence-electron chi connectivity index (χ2n) is 10.7. The van der Waals surface area contributed by atoms with E-state index in [1.54, 1.807) is 23.1 Å². The summed E-state index contributed by atoms with van der Waals surface area (Å²) in [5, 5.41) is 3.14. The van der Waals surface area contributed by atoms with Crippen LogP contribution in [0.2, 0.25) is 0 Å². The quantitative estimate of drug-likeness (QED) is 0.388. The van der Waals surface area contributed by atoms with Crippen LogP contribution in [0.5, 0.6) is 0 Å². The number of benzene rings is 2. The van der Waals surface area contributed by atoms with E-state index in [0.29, 0.717) is 40.1 Å². The van der Waals surface area contributed by atoms with Gasteiger partial charge < -0.3 is 15.1 Å². The number of carbonyl (C=O) groups is 2. The van der Waals surface area contributed by atoms with Gasteiger partial charge in [-0.2, -0.15) is 0 Å². The minimum atomic E-state index is -4.11. The first-order chi connectivity index (χ1) is 18.4. The molecule has 0 radical (unpaired) electrons. The number of aryl methyl sites for hydroxylation is 1. The molecule has 3 aromatic rings. The Balaban J connectivity index is 1.56. The number of thiazole rings is 1. The van der Waals surface area contributed by atoms with Crippen molar-refractivity contribution in [1.82, 2.24) is 14.8 Å². The van der Waals surface area contributed by atoms with Gasteiger partial charge in [0.15, 0.2) is 5.13 Å². The monoisotopic (exact) mass is 567 g/mol. The number of rotatable bonds is 9. The maximum absolute atomic E-state index is 13.9. The van der Waals surface area contributed by atoms with Gasteiger partial charge in [-0.25, -0.2) is 13.4 Å². The molecule has 0 bridgehead atoms. The Morgan fingerprint density at radius 1 is 1.21 bits per heavy atom. The highest BCUT2D eigenvalue weighted by Gasteiger charge is 2.41. The summed E-state index contributed by atoms with van der Waals surface area (Å²) in [5.41, 5.74) is 3.71. The third-order valence-electron chi connectivity index (χ3n) is 7.13. The maximum Gasteiger partial charge on any atom is 0.262 e. The highest BCUT2D eigenvalue weighted by atomic mass is 32.2. The molecule has 2 aromatic carbocycles. The van der Waals surface area contributed by atoms with Gasteiger partial charge in [0.1, 0.15) is 4.90 Å². The van der Waals surface area contributed by atoms with Crippen molar-refractivity contribution in [2.24, 2.45) is 5.92 Å². The number of anilines is 2. The average Bonchev–Trinajstić information content (AvgIpc) is 3.57. The van der Waals surface area contributed by atoms with E-state index >= 15 is 0 Å². The van der Waals surface area contributed by atoms with Crippen molar-refractivity contribution < 1.29 is 18.0 Å². The third-order valence-corrected chi connectivity index (χ3v) is 9.66. The predicted molar refractivity (Wildman–Crippen MR) is 153 cm³/mol. The summed E-state index contributed by atoms with van der Waals surface area (Å²) in [5.74, 6) is -0.0354. The molecule has 5 rings (SSSR count). The van der Waals surface area contributed by atoms with Crippen LogP contribution in [0.25, 0.3) is 10.4 Å². The van der Waals surface area contributed by atoms with Crippen LogP contribution in [-0.4, -0.2) is 55.2 Å². The number of sulfonamides is 1. The van der Waals surface area contributed by atoms with Crippen LogP contribution >= 0.6 is 11.3 Å². The Kier molecular flexibility index (Phi) is 7.25. The summed E-state index contributed by atoms with van der Waals surface area (Å²) in [6, 6.07) is 10.7. The lowest BCUT2D eigenvalue weighted by Gasteiger charge is -2.24. The lowest BCUT2D eigenvalue weighted by molar-refractivity contribution is -0.114.